The van der Waals surface area contributed by atoms with Crippen LogP contribution in [0.5, 0.6) is 0 Å². The van der Waals surface area contributed by atoms with Crippen LogP contribution in [0.1, 0.15) is 39.5 Å². The maximum Gasteiger partial charge on any atom is 0.326 e. The summed E-state index contributed by atoms with van der Waals surface area (Å²) < 4.78 is 0. The predicted molar refractivity (Wildman–Crippen MR) is 87.2 cm³/mol. The summed E-state index contributed by atoms with van der Waals surface area (Å²) >= 11 is 0. The molecular weight excluding hydrogens is 266 g/mol. The van der Waals surface area contributed by atoms with Gasteiger partial charge in [0.25, 0.3) is 5.56 Å². The molecule has 0 spiro atoms. The fourth-order valence-corrected chi connectivity index (χ4v) is 2.42. The van der Waals surface area contributed by atoms with E-state index < -0.39 is 5.69 Å². The van der Waals surface area contributed by atoms with E-state index in [1.54, 1.807) is 0 Å². The van der Waals surface area contributed by atoms with Crippen molar-refractivity contribution in [1.29, 1.82) is 0 Å². The van der Waals surface area contributed by atoms with Crippen LogP contribution in [0.4, 0.5) is 5.69 Å². The molecule has 5 nitrogen and oxygen atoms in total. The van der Waals surface area contributed by atoms with E-state index in [0.29, 0.717) is 10.9 Å². The molecule has 21 heavy (non-hydrogen) atoms. The maximum absolute atomic E-state index is 11.9. The van der Waals surface area contributed by atoms with Crippen molar-refractivity contribution in [3.63, 3.8) is 0 Å². The van der Waals surface area contributed by atoms with Crippen LogP contribution in [0.25, 0.3) is 10.9 Å². The first-order valence-corrected chi connectivity index (χ1v) is 7.67. The minimum absolute atomic E-state index is 0.332. The second kappa shape index (κ2) is 7.11. The number of unbranched alkanes of at least 4 members (excludes halogenated alkanes) is 2. The molecule has 0 aliphatic heterocycles. The molecule has 1 aromatic carbocycles. The molecule has 0 fully saturated rings. The molecule has 1 aromatic heterocycles. The monoisotopic (exact) mass is 289 g/mol. The maximum atomic E-state index is 11.9. The Morgan fingerprint density at radius 2 is 1.67 bits per heavy atom. The minimum atomic E-state index is -0.464. The first-order chi connectivity index (χ1) is 10.2. The zero-order valence-electron chi connectivity index (χ0n) is 12.7. The summed E-state index contributed by atoms with van der Waals surface area (Å²) in [5.41, 5.74) is 0.830. The Bertz CT molecular complexity index is 694. The number of benzene rings is 1. The molecule has 0 aliphatic carbocycles. The molecule has 0 atom stereocenters. The van der Waals surface area contributed by atoms with Gasteiger partial charge in [0.2, 0.25) is 0 Å². The van der Waals surface area contributed by atoms with Crippen molar-refractivity contribution >= 4 is 16.6 Å². The van der Waals surface area contributed by atoms with Crippen LogP contribution in [0.3, 0.4) is 0 Å². The number of rotatable bonds is 7. The second-order valence-corrected chi connectivity index (χ2v) is 5.33. The van der Waals surface area contributed by atoms with Crippen molar-refractivity contribution in [2.24, 2.45) is 0 Å². The Morgan fingerprint density at radius 3 is 2.29 bits per heavy atom. The largest absolute Gasteiger partial charge is 0.372 e. The van der Waals surface area contributed by atoms with Crippen LogP contribution in [0.15, 0.2) is 27.8 Å². The van der Waals surface area contributed by atoms with Gasteiger partial charge < -0.3 is 9.88 Å². The number of nitrogens with one attached hydrogen (secondary N) is 2. The Hall–Kier alpha value is -2.04. The third-order valence-electron chi connectivity index (χ3n) is 3.65. The smallest absolute Gasteiger partial charge is 0.326 e. The quantitative estimate of drug-likeness (QED) is 0.823. The van der Waals surface area contributed by atoms with E-state index >= 15 is 0 Å². The third kappa shape index (κ3) is 3.74. The van der Waals surface area contributed by atoms with Crippen molar-refractivity contribution in [1.82, 2.24) is 9.97 Å². The lowest BCUT2D eigenvalue weighted by Crippen LogP contribution is -2.26. The SMILES string of the molecule is CCCCN(CCCC)c1ccc2[nH]c(=O)[nH]c(=O)c2c1. The lowest BCUT2D eigenvalue weighted by Gasteiger charge is -2.24. The van der Waals surface area contributed by atoms with Gasteiger partial charge in [0, 0.05) is 18.8 Å². The van der Waals surface area contributed by atoms with Crippen molar-refractivity contribution in [3.8, 4) is 0 Å². The van der Waals surface area contributed by atoms with Gasteiger partial charge in [-0.3, -0.25) is 9.78 Å². The van der Waals surface area contributed by atoms with Crippen LogP contribution in [0.2, 0.25) is 0 Å². The summed E-state index contributed by atoms with van der Waals surface area (Å²) in [6, 6.07) is 5.66. The fraction of sp³-hybridized carbons (Fsp3) is 0.500. The fourth-order valence-electron chi connectivity index (χ4n) is 2.42. The van der Waals surface area contributed by atoms with E-state index in [4.69, 9.17) is 0 Å². The van der Waals surface area contributed by atoms with Gasteiger partial charge in [0.15, 0.2) is 0 Å². The number of H-pyrrole nitrogens is 2. The second-order valence-electron chi connectivity index (χ2n) is 5.33. The predicted octanol–water partition coefficient (Wildman–Crippen LogP) is 2.62. The van der Waals surface area contributed by atoms with Gasteiger partial charge >= 0.3 is 5.69 Å². The number of fused-ring (bicyclic) bond motifs is 1. The number of nitrogens with zero attached hydrogens (tertiary/aromatic N) is 1. The van der Waals surface area contributed by atoms with Gasteiger partial charge in [0.05, 0.1) is 10.9 Å². The molecule has 5 heteroatoms. The average Bonchev–Trinajstić information content (AvgIpc) is 2.47. The summed E-state index contributed by atoms with van der Waals surface area (Å²) in [6.07, 6.45) is 4.54. The first kappa shape index (κ1) is 15.4. The standard InChI is InChI=1S/C16H23N3O2/c1-3-5-9-19(10-6-4-2)12-7-8-14-13(11-12)15(20)18-16(21)17-14/h7-8,11H,3-6,9-10H2,1-2H3,(H2,17,18,20,21). The van der Waals surface area contributed by atoms with E-state index in [1.165, 1.54) is 0 Å². The van der Waals surface area contributed by atoms with E-state index in [1.807, 2.05) is 18.2 Å². The molecule has 2 rings (SSSR count). The number of anilines is 1. The van der Waals surface area contributed by atoms with Crippen LogP contribution in [-0.4, -0.2) is 23.1 Å². The van der Waals surface area contributed by atoms with Crippen LogP contribution in [-0.2, 0) is 0 Å². The van der Waals surface area contributed by atoms with Crippen LogP contribution >= 0.6 is 0 Å². The van der Waals surface area contributed by atoms with E-state index in [2.05, 4.69) is 28.7 Å². The molecule has 0 amide bonds. The number of aromatic nitrogens is 2. The Kier molecular flexibility index (Phi) is 5.20. The summed E-state index contributed by atoms with van der Waals surface area (Å²) in [7, 11) is 0. The summed E-state index contributed by atoms with van der Waals surface area (Å²) in [4.78, 5) is 30.4. The molecule has 0 saturated heterocycles. The Labute approximate surface area is 124 Å². The highest BCUT2D eigenvalue weighted by atomic mass is 16.2. The van der Waals surface area contributed by atoms with Crippen LogP contribution < -0.4 is 16.1 Å². The third-order valence-corrected chi connectivity index (χ3v) is 3.65. The highest BCUT2D eigenvalue weighted by molar-refractivity contribution is 5.81. The summed E-state index contributed by atoms with van der Waals surface area (Å²) in [5, 5.41) is 0.532. The van der Waals surface area contributed by atoms with Crippen molar-refractivity contribution < 1.29 is 0 Å². The van der Waals surface area contributed by atoms with Gasteiger partial charge in [-0.1, -0.05) is 26.7 Å². The molecule has 0 radical (unpaired) electrons. The van der Waals surface area contributed by atoms with E-state index in [0.717, 1.165) is 44.5 Å². The van der Waals surface area contributed by atoms with Crippen molar-refractivity contribution in [2.75, 3.05) is 18.0 Å². The highest BCUT2D eigenvalue weighted by Crippen LogP contribution is 2.19. The Morgan fingerprint density at radius 1 is 1.00 bits per heavy atom. The lowest BCUT2D eigenvalue weighted by atomic mass is 10.2. The van der Waals surface area contributed by atoms with E-state index in [9.17, 15) is 9.59 Å². The molecule has 2 aromatic rings. The molecule has 2 N–H and O–H groups in total. The molecule has 0 unspecified atom stereocenters. The van der Waals surface area contributed by atoms with Crippen molar-refractivity contribution in [3.05, 3.63) is 39.0 Å². The molecule has 0 bridgehead atoms. The zero-order chi connectivity index (χ0) is 15.2. The summed E-state index contributed by atoms with van der Waals surface area (Å²) in [5.74, 6) is 0. The van der Waals surface area contributed by atoms with E-state index in [-0.39, 0.29) is 5.56 Å². The average molecular weight is 289 g/mol. The van der Waals surface area contributed by atoms with Gasteiger partial charge in [0.1, 0.15) is 0 Å². The molecule has 114 valence electrons. The summed E-state index contributed by atoms with van der Waals surface area (Å²) in [6.45, 7) is 6.33. The van der Waals surface area contributed by atoms with Crippen LogP contribution in [0, 0.1) is 0 Å². The minimum Gasteiger partial charge on any atom is -0.372 e. The zero-order valence-corrected chi connectivity index (χ0v) is 12.7. The molecule has 1 heterocycles. The van der Waals surface area contributed by atoms with Gasteiger partial charge in [-0.25, -0.2) is 4.79 Å². The number of hydrogen-bond acceptors (Lipinski definition) is 3. The Balaban J connectivity index is 2.38. The highest BCUT2D eigenvalue weighted by Gasteiger charge is 2.08. The number of aromatic amines is 2. The van der Waals surface area contributed by atoms with Gasteiger partial charge in [-0.05, 0) is 31.0 Å². The van der Waals surface area contributed by atoms with Gasteiger partial charge in [-0.2, -0.15) is 0 Å². The molecule has 0 saturated carbocycles. The normalized spacial score (nSPS) is 11.0. The van der Waals surface area contributed by atoms with Crippen molar-refractivity contribution in [2.45, 2.75) is 39.5 Å². The molecular formula is C16H23N3O2. The topological polar surface area (TPSA) is 69.0 Å². The first-order valence-electron chi connectivity index (χ1n) is 7.67. The van der Waals surface area contributed by atoms with Gasteiger partial charge in [-0.15, -0.1) is 0 Å². The molecule has 0 aliphatic rings. The number of hydrogen-bond donors (Lipinski definition) is 2. The lowest BCUT2D eigenvalue weighted by molar-refractivity contribution is 0.678.